The molecule has 8 nitrogen and oxygen atoms in total. The topological polar surface area (TPSA) is 109 Å². The number of fused-ring (bicyclic) bond motifs is 22. The van der Waals surface area contributed by atoms with Crippen LogP contribution in [0.1, 0.15) is 52.7 Å². The predicted molar refractivity (Wildman–Crippen MR) is 330 cm³/mol. The highest BCUT2D eigenvalue weighted by atomic mass is 15.1. The number of nitrogens with zero attached hydrogens (tertiary/aromatic N) is 6. The lowest BCUT2D eigenvalue weighted by Crippen LogP contribution is -2.10. The first kappa shape index (κ1) is 47.3. The van der Waals surface area contributed by atoms with Crippen molar-refractivity contribution in [1.82, 2.24) is 39.9 Å². The number of H-pyrrole nitrogens is 2. The zero-order chi connectivity index (χ0) is 54.0. The Bertz CT molecular complexity index is 4560. The summed E-state index contributed by atoms with van der Waals surface area (Å²) in [5.41, 5.74) is 16.7. The van der Waals surface area contributed by atoms with Gasteiger partial charge in [-0.2, -0.15) is 0 Å². The molecular formula is C72H54N8. The quantitative estimate of drug-likeness (QED) is 0.182. The zero-order valence-corrected chi connectivity index (χ0v) is 45.3. The molecule has 8 bridgehead atoms. The van der Waals surface area contributed by atoms with E-state index in [9.17, 15) is 0 Å². The van der Waals surface area contributed by atoms with Crippen molar-refractivity contribution in [1.29, 1.82) is 0 Å². The summed E-state index contributed by atoms with van der Waals surface area (Å²) in [6.07, 6.45) is 0. The Balaban J connectivity index is 1.16. The van der Waals surface area contributed by atoms with Crippen molar-refractivity contribution in [2.45, 2.75) is 52.4 Å². The highest BCUT2D eigenvalue weighted by Gasteiger charge is 2.28. The average Bonchev–Trinajstić information content (AvgIpc) is 4.25. The second kappa shape index (κ2) is 17.8. The van der Waals surface area contributed by atoms with Crippen LogP contribution >= 0.6 is 0 Å². The van der Waals surface area contributed by atoms with Gasteiger partial charge in [0, 0.05) is 43.8 Å². The van der Waals surface area contributed by atoms with Gasteiger partial charge < -0.3 is 9.97 Å². The maximum Gasteiger partial charge on any atom is 0.164 e. The van der Waals surface area contributed by atoms with Crippen LogP contribution < -0.4 is 0 Å². The van der Waals surface area contributed by atoms with Crippen LogP contribution in [0.5, 0.6) is 0 Å². The van der Waals surface area contributed by atoms with Crippen LogP contribution in [0.4, 0.5) is 0 Å². The molecule has 0 fully saturated rings. The molecule has 80 heavy (non-hydrogen) atoms. The molecule has 0 unspecified atom stereocenters. The molecule has 3 aromatic heterocycles. The zero-order valence-electron chi connectivity index (χ0n) is 45.3. The van der Waals surface area contributed by atoms with Gasteiger partial charge in [0.25, 0.3) is 0 Å². The molecule has 0 spiro atoms. The molecular weight excluding hydrogens is 977 g/mol. The second-order valence-corrected chi connectivity index (χ2v) is 23.3. The van der Waals surface area contributed by atoms with E-state index in [0.29, 0.717) is 45.9 Å². The second-order valence-electron chi connectivity index (χ2n) is 23.3. The maximum absolute atomic E-state index is 5.70. The summed E-state index contributed by atoms with van der Waals surface area (Å²) in [4.78, 5) is 41.5. The van der Waals surface area contributed by atoms with Crippen LogP contribution in [-0.2, 0) is 10.8 Å². The van der Waals surface area contributed by atoms with Crippen LogP contribution in [-0.4, -0.2) is 39.9 Å². The molecule has 5 heterocycles. The highest BCUT2D eigenvalue weighted by molar-refractivity contribution is 6.20. The Kier molecular flexibility index (Phi) is 10.5. The van der Waals surface area contributed by atoms with Gasteiger partial charge in [0.2, 0.25) is 0 Å². The molecule has 0 amide bonds. The highest BCUT2D eigenvalue weighted by Crippen LogP contribution is 2.46. The predicted octanol–water partition coefficient (Wildman–Crippen LogP) is 18.4. The van der Waals surface area contributed by atoms with Gasteiger partial charge >= 0.3 is 0 Å². The third-order valence-corrected chi connectivity index (χ3v) is 16.1. The van der Waals surface area contributed by atoms with E-state index < -0.39 is 0 Å². The minimum Gasteiger partial charge on any atom is -0.324 e. The van der Waals surface area contributed by atoms with Gasteiger partial charge in [0.1, 0.15) is 22.6 Å². The van der Waals surface area contributed by atoms with Gasteiger partial charge in [-0.1, -0.05) is 224 Å². The Morgan fingerprint density at radius 1 is 0.250 bits per heavy atom. The Labute approximate surface area is 463 Å². The lowest BCUT2D eigenvalue weighted by atomic mass is 9.85. The molecule has 8 heteroatoms. The molecule has 2 N–H and O–H groups in total. The molecule has 2 aliphatic heterocycles. The van der Waals surface area contributed by atoms with Crippen molar-refractivity contribution in [2.75, 3.05) is 0 Å². The summed E-state index contributed by atoms with van der Waals surface area (Å²) >= 11 is 0. The van der Waals surface area contributed by atoms with E-state index in [1.54, 1.807) is 0 Å². The van der Waals surface area contributed by atoms with E-state index in [0.717, 1.165) is 110 Å². The third kappa shape index (κ3) is 7.81. The van der Waals surface area contributed by atoms with Crippen molar-refractivity contribution in [2.24, 2.45) is 0 Å². The summed E-state index contributed by atoms with van der Waals surface area (Å²) in [6, 6.07) is 73.5. The molecule has 2 aliphatic rings. The number of aromatic nitrogens is 8. The van der Waals surface area contributed by atoms with Crippen LogP contribution in [0, 0.1) is 0 Å². The van der Waals surface area contributed by atoms with E-state index in [2.05, 4.69) is 258 Å². The normalized spacial score (nSPS) is 12.4. The van der Waals surface area contributed by atoms with Crippen molar-refractivity contribution >= 4 is 65.7 Å². The molecule has 0 saturated heterocycles. The Morgan fingerprint density at radius 2 is 0.512 bits per heavy atom. The van der Waals surface area contributed by atoms with E-state index >= 15 is 0 Å². The molecule has 0 radical (unpaired) electrons. The minimum atomic E-state index is -0.0594. The molecule has 0 saturated carbocycles. The summed E-state index contributed by atoms with van der Waals surface area (Å²) in [5.74, 6) is 2.17. The fourth-order valence-electron chi connectivity index (χ4n) is 11.9. The summed E-state index contributed by atoms with van der Waals surface area (Å²) in [5, 5.41) is 8.08. The molecule has 382 valence electrons. The van der Waals surface area contributed by atoms with Gasteiger partial charge in [-0.05, 0) is 112 Å². The number of benzene rings is 10. The SMILES string of the molecule is CC(C)(C)c1ccc2cc3c(cc2c1)-c1nc-3nc2[nH]c(nc3nc(nc4[nH]c(n1)c1c(-c5ccccc5)ccc(-c5ccccc5)c41)-c1cc4ccc(C(C)(C)C)cc4cc1-3)c1c(-c3ccccc3)ccc(-c3ccccc3)c21. The smallest absolute Gasteiger partial charge is 0.164 e. The minimum absolute atomic E-state index is 0.0594. The Hall–Kier alpha value is -9.92. The standard InChI is InChI=1S/C72H54N8/c1-71(2,3)49-29-27-45-37-55-57(39-47(45)35-49)65-73-63(55)75-67-60-52(42-21-13-8-14-22-42)32-34-54(44-25-17-10-18-26-44)62(60)70(80-67)78-66-58-40-48-36-50(72(4,5)6)30-28-46(48)38-56(58)64(74-66)76-68-59-51(41-19-11-7-12-20-41)31-33-53(43-23-15-9-16-24-43)61(59)69(77-65)79-68/h7-40H,1-6H3,(H2,73,74,75,76,77,78,79,80). The van der Waals surface area contributed by atoms with Gasteiger partial charge in [-0.15, -0.1) is 0 Å². The van der Waals surface area contributed by atoms with Crippen LogP contribution in [0.2, 0.25) is 0 Å². The first-order chi connectivity index (χ1) is 38.9. The van der Waals surface area contributed by atoms with E-state index in [4.69, 9.17) is 29.9 Å². The summed E-state index contributed by atoms with van der Waals surface area (Å²) in [7, 11) is 0. The van der Waals surface area contributed by atoms with Crippen molar-refractivity contribution in [3.63, 3.8) is 0 Å². The lowest BCUT2D eigenvalue weighted by molar-refractivity contribution is 0.591. The Morgan fingerprint density at radius 3 is 0.775 bits per heavy atom. The van der Waals surface area contributed by atoms with E-state index in [1.807, 2.05) is 0 Å². The van der Waals surface area contributed by atoms with Crippen LogP contribution in [0.3, 0.4) is 0 Å². The number of nitrogens with one attached hydrogen (secondary N) is 2. The van der Waals surface area contributed by atoms with E-state index in [-0.39, 0.29) is 10.8 Å². The van der Waals surface area contributed by atoms with Crippen molar-refractivity contribution < 1.29 is 0 Å². The van der Waals surface area contributed by atoms with Crippen molar-refractivity contribution in [3.05, 3.63) is 217 Å². The average molecular weight is 1030 g/mol. The van der Waals surface area contributed by atoms with Crippen molar-refractivity contribution in [3.8, 4) is 90.1 Å². The number of rotatable bonds is 4. The van der Waals surface area contributed by atoms with Gasteiger partial charge in [-0.25, -0.2) is 29.9 Å². The summed E-state index contributed by atoms with van der Waals surface area (Å²) < 4.78 is 0. The summed E-state index contributed by atoms with van der Waals surface area (Å²) in [6.45, 7) is 13.5. The molecule has 0 aliphatic carbocycles. The molecule has 0 atom stereocenters. The maximum atomic E-state index is 5.70. The number of hydrogen-bond acceptors (Lipinski definition) is 6. The lowest BCUT2D eigenvalue weighted by Gasteiger charge is -2.19. The molecule has 13 aromatic rings. The first-order valence-corrected chi connectivity index (χ1v) is 27.4. The fourth-order valence-corrected chi connectivity index (χ4v) is 11.9. The van der Waals surface area contributed by atoms with Gasteiger partial charge in [0.15, 0.2) is 23.3 Å². The van der Waals surface area contributed by atoms with Crippen LogP contribution in [0.15, 0.2) is 206 Å². The van der Waals surface area contributed by atoms with E-state index in [1.165, 1.54) is 11.1 Å². The largest absolute Gasteiger partial charge is 0.324 e. The molecule has 10 aromatic carbocycles. The monoisotopic (exact) mass is 1030 g/mol. The first-order valence-electron chi connectivity index (χ1n) is 27.4. The van der Waals surface area contributed by atoms with Gasteiger partial charge in [-0.3, -0.25) is 0 Å². The molecule has 15 rings (SSSR count). The number of aromatic amines is 2. The van der Waals surface area contributed by atoms with Gasteiger partial charge in [0.05, 0.1) is 0 Å². The number of hydrogen-bond donors (Lipinski definition) is 2. The third-order valence-electron chi connectivity index (χ3n) is 16.1. The van der Waals surface area contributed by atoms with Crippen LogP contribution in [0.25, 0.3) is 156 Å². The fraction of sp³-hybridized carbons (Fsp3) is 0.111.